The van der Waals surface area contributed by atoms with Gasteiger partial charge in [0.2, 0.25) is 0 Å². The minimum atomic E-state index is -0.143. The molecule has 0 bridgehead atoms. The van der Waals surface area contributed by atoms with Crippen LogP contribution in [0.5, 0.6) is 11.5 Å². The van der Waals surface area contributed by atoms with Gasteiger partial charge in [0.05, 0.1) is 24.9 Å². The highest BCUT2D eigenvalue weighted by molar-refractivity contribution is 5.75. The van der Waals surface area contributed by atoms with Crippen LogP contribution in [0, 0.1) is 5.92 Å². The predicted molar refractivity (Wildman–Crippen MR) is 102 cm³/mol. The van der Waals surface area contributed by atoms with E-state index in [4.69, 9.17) is 9.47 Å². The third kappa shape index (κ3) is 5.83. The molecule has 0 amide bonds. The van der Waals surface area contributed by atoms with Gasteiger partial charge in [-0.2, -0.15) is 0 Å². The summed E-state index contributed by atoms with van der Waals surface area (Å²) in [6, 6.07) is 7.29. The van der Waals surface area contributed by atoms with Gasteiger partial charge in [0.15, 0.2) is 11.6 Å². The highest BCUT2D eigenvalue weighted by Gasteiger charge is 2.18. The standard InChI is InChI=1S/C21H28N2O3/c1-4-7-17(8-5-2)21(24)26-18-11-9-16(10-12-18)20-22-14-19(15-23-20)25-13-6-3/h9-12,14-15,17H,4-8,13H2,1-3H3. The molecule has 1 aromatic heterocycles. The van der Waals surface area contributed by atoms with Crippen molar-refractivity contribution in [2.24, 2.45) is 5.92 Å². The molecule has 140 valence electrons. The Labute approximate surface area is 155 Å². The van der Waals surface area contributed by atoms with Crippen molar-refractivity contribution in [2.45, 2.75) is 52.9 Å². The molecule has 0 radical (unpaired) electrons. The fraction of sp³-hybridized carbons (Fsp3) is 0.476. The van der Waals surface area contributed by atoms with Gasteiger partial charge in [-0.1, -0.05) is 33.6 Å². The molecule has 0 aliphatic carbocycles. The first-order chi connectivity index (χ1) is 12.7. The van der Waals surface area contributed by atoms with Crippen LogP contribution in [0.25, 0.3) is 11.4 Å². The van der Waals surface area contributed by atoms with Gasteiger partial charge >= 0.3 is 5.97 Å². The maximum Gasteiger partial charge on any atom is 0.314 e. The number of hydrogen-bond donors (Lipinski definition) is 0. The van der Waals surface area contributed by atoms with E-state index in [9.17, 15) is 4.79 Å². The second kappa shape index (κ2) is 10.5. The lowest BCUT2D eigenvalue weighted by Gasteiger charge is -2.14. The molecule has 0 fully saturated rings. The van der Waals surface area contributed by atoms with Gasteiger partial charge in [0, 0.05) is 5.56 Å². The zero-order valence-electron chi connectivity index (χ0n) is 15.9. The van der Waals surface area contributed by atoms with Crippen molar-refractivity contribution in [3.63, 3.8) is 0 Å². The average molecular weight is 356 g/mol. The van der Waals surface area contributed by atoms with Crippen molar-refractivity contribution in [1.29, 1.82) is 0 Å². The molecule has 1 heterocycles. The summed E-state index contributed by atoms with van der Waals surface area (Å²) in [7, 11) is 0. The highest BCUT2D eigenvalue weighted by atomic mass is 16.5. The summed E-state index contributed by atoms with van der Waals surface area (Å²) in [6.45, 7) is 6.88. The molecule has 0 aliphatic heterocycles. The molecule has 0 atom stereocenters. The number of rotatable bonds is 10. The van der Waals surface area contributed by atoms with Gasteiger partial charge in [0.1, 0.15) is 5.75 Å². The van der Waals surface area contributed by atoms with Crippen LogP contribution in [0.15, 0.2) is 36.7 Å². The van der Waals surface area contributed by atoms with Crippen molar-refractivity contribution >= 4 is 5.97 Å². The van der Waals surface area contributed by atoms with Crippen LogP contribution in [0.2, 0.25) is 0 Å². The van der Waals surface area contributed by atoms with Gasteiger partial charge in [-0.15, -0.1) is 0 Å². The predicted octanol–water partition coefficient (Wildman–Crippen LogP) is 5.05. The fourth-order valence-corrected chi connectivity index (χ4v) is 2.71. The summed E-state index contributed by atoms with van der Waals surface area (Å²) in [6.07, 6.45) is 7.98. The van der Waals surface area contributed by atoms with Gasteiger partial charge in [-0.3, -0.25) is 4.79 Å². The van der Waals surface area contributed by atoms with Crippen LogP contribution in [0.4, 0.5) is 0 Å². The van der Waals surface area contributed by atoms with E-state index >= 15 is 0 Å². The topological polar surface area (TPSA) is 61.3 Å². The molecule has 0 saturated heterocycles. The molecule has 1 aromatic carbocycles. The highest BCUT2D eigenvalue weighted by Crippen LogP contribution is 2.22. The summed E-state index contributed by atoms with van der Waals surface area (Å²) in [4.78, 5) is 21.0. The first kappa shape index (κ1) is 19.9. The van der Waals surface area contributed by atoms with E-state index in [0.29, 0.717) is 23.9 Å². The van der Waals surface area contributed by atoms with E-state index in [1.54, 1.807) is 24.5 Å². The molecule has 0 spiro atoms. The van der Waals surface area contributed by atoms with E-state index in [-0.39, 0.29) is 11.9 Å². The Morgan fingerprint density at radius 3 is 2.08 bits per heavy atom. The quantitative estimate of drug-likeness (QED) is 0.440. The fourth-order valence-electron chi connectivity index (χ4n) is 2.71. The molecule has 0 N–H and O–H groups in total. The second-order valence-electron chi connectivity index (χ2n) is 6.31. The van der Waals surface area contributed by atoms with E-state index in [1.807, 2.05) is 12.1 Å². The number of ether oxygens (including phenoxy) is 2. The Hall–Kier alpha value is -2.43. The van der Waals surface area contributed by atoms with E-state index in [2.05, 4.69) is 30.7 Å². The van der Waals surface area contributed by atoms with Crippen molar-refractivity contribution < 1.29 is 14.3 Å². The first-order valence-corrected chi connectivity index (χ1v) is 9.44. The molecule has 0 aliphatic rings. The lowest BCUT2D eigenvalue weighted by Crippen LogP contribution is -2.20. The van der Waals surface area contributed by atoms with E-state index < -0.39 is 0 Å². The molecule has 5 heteroatoms. The SMILES string of the molecule is CCCOc1cnc(-c2ccc(OC(=O)C(CCC)CCC)cc2)nc1. The molecule has 26 heavy (non-hydrogen) atoms. The summed E-state index contributed by atoms with van der Waals surface area (Å²) >= 11 is 0. The maximum atomic E-state index is 12.3. The van der Waals surface area contributed by atoms with Gasteiger partial charge in [-0.05, 0) is 43.5 Å². The van der Waals surface area contributed by atoms with Crippen molar-refractivity contribution in [3.8, 4) is 22.9 Å². The maximum absolute atomic E-state index is 12.3. The number of aromatic nitrogens is 2. The molecule has 0 unspecified atom stereocenters. The summed E-state index contributed by atoms with van der Waals surface area (Å²) in [5.74, 6) is 1.67. The molecule has 2 aromatic rings. The first-order valence-electron chi connectivity index (χ1n) is 9.44. The lowest BCUT2D eigenvalue weighted by atomic mass is 9.99. The Morgan fingerprint density at radius 1 is 0.923 bits per heavy atom. The number of carbonyl (C=O) groups excluding carboxylic acids is 1. The second-order valence-corrected chi connectivity index (χ2v) is 6.31. The smallest absolute Gasteiger partial charge is 0.314 e. The zero-order chi connectivity index (χ0) is 18.8. The zero-order valence-corrected chi connectivity index (χ0v) is 15.9. The Morgan fingerprint density at radius 2 is 1.54 bits per heavy atom. The molecule has 0 saturated carbocycles. The Kier molecular flexibility index (Phi) is 8.06. The summed E-state index contributed by atoms with van der Waals surface area (Å²) in [5, 5.41) is 0. The van der Waals surface area contributed by atoms with Gasteiger partial charge in [0.25, 0.3) is 0 Å². The van der Waals surface area contributed by atoms with Crippen LogP contribution in [-0.4, -0.2) is 22.5 Å². The molecule has 2 rings (SSSR count). The number of carbonyl (C=O) groups is 1. The van der Waals surface area contributed by atoms with Crippen molar-refractivity contribution in [2.75, 3.05) is 6.61 Å². The van der Waals surface area contributed by atoms with Gasteiger partial charge in [-0.25, -0.2) is 9.97 Å². The summed E-state index contributed by atoms with van der Waals surface area (Å²) in [5.41, 5.74) is 0.866. The third-order valence-electron chi connectivity index (χ3n) is 4.04. The lowest BCUT2D eigenvalue weighted by molar-refractivity contribution is -0.139. The number of benzene rings is 1. The minimum absolute atomic E-state index is 0.0244. The number of esters is 1. The van der Waals surface area contributed by atoms with Crippen LogP contribution >= 0.6 is 0 Å². The minimum Gasteiger partial charge on any atom is -0.490 e. The van der Waals surface area contributed by atoms with E-state index in [0.717, 1.165) is 37.7 Å². The number of nitrogens with zero attached hydrogens (tertiary/aromatic N) is 2. The van der Waals surface area contributed by atoms with Crippen molar-refractivity contribution in [3.05, 3.63) is 36.7 Å². The average Bonchev–Trinajstić information content (AvgIpc) is 2.67. The molecule has 5 nitrogen and oxygen atoms in total. The van der Waals surface area contributed by atoms with Crippen LogP contribution in [-0.2, 0) is 4.79 Å². The summed E-state index contributed by atoms with van der Waals surface area (Å²) < 4.78 is 11.0. The molecular weight excluding hydrogens is 328 g/mol. The monoisotopic (exact) mass is 356 g/mol. The van der Waals surface area contributed by atoms with Crippen LogP contribution < -0.4 is 9.47 Å². The molecular formula is C21H28N2O3. The number of hydrogen-bond acceptors (Lipinski definition) is 5. The van der Waals surface area contributed by atoms with Crippen LogP contribution in [0.1, 0.15) is 52.9 Å². The van der Waals surface area contributed by atoms with E-state index in [1.165, 1.54) is 0 Å². The Balaban J connectivity index is 2.00. The van der Waals surface area contributed by atoms with Gasteiger partial charge < -0.3 is 9.47 Å². The third-order valence-corrected chi connectivity index (χ3v) is 4.04. The largest absolute Gasteiger partial charge is 0.490 e. The Bertz CT molecular complexity index is 663. The normalized spacial score (nSPS) is 10.8. The van der Waals surface area contributed by atoms with Crippen LogP contribution in [0.3, 0.4) is 0 Å². The van der Waals surface area contributed by atoms with Crippen molar-refractivity contribution in [1.82, 2.24) is 9.97 Å².